The molecule has 2 atom stereocenters. The molecule has 1 fully saturated rings. The molecular formula is C18H29NS. The van der Waals surface area contributed by atoms with E-state index in [9.17, 15) is 0 Å². The molecule has 0 amide bonds. The van der Waals surface area contributed by atoms with Crippen molar-refractivity contribution >= 4 is 11.8 Å². The number of benzene rings is 1. The third-order valence-electron chi connectivity index (χ3n) is 4.30. The normalized spacial score (nSPS) is 25.6. The lowest BCUT2D eigenvalue weighted by Gasteiger charge is -2.41. The lowest BCUT2D eigenvalue weighted by molar-refractivity contribution is 0.214. The predicted octanol–water partition coefficient (Wildman–Crippen LogP) is 5.03. The van der Waals surface area contributed by atoms with Gasteiger partial charge in [-0.3, -0.25) is 0 Å². The van der Waals surface area contributed by atoms with E-state index in [0.717, 1.165) is 6.54 Å². The summed E-state index contributed by atoms with van der Waals surface area (Å²) >= 11 is 2.07. The van der Waals surface area contributed by atoms with Crippen molar-refractivity contribution in [2.24, 2.45) is 5.41 Å². The first kappa shape index (κ1) is 15.9. The van der Waals surface area contributed by atoms with Gasteiger partial charge < -0.3 is 5.32 Å². The molecule has 1 aliphatic carbocycles. The number of thioether (sulfide) groups is 1. The maximum atomic E-state index is 3.77. The second-order valence-corrected chi connectivity index (χ2v) is 8.25. The van der Waals surface area contributed by atoms with Gasteiger partial charge in [0.05, 0.1) is 0 Å². The molecule has 2 heteroatoms. The number of nitrogens with one attached hydrogen (secondary N) is 1. The third-order valence-corrected chi connectivity index (χ3v) is 5.64. The van der Waals surface area contributed by atoms with Gasteiger partial charge in [-0.1, -0.05) is 38.5 Å². The molecule has 0 radical (unpaired) electrons. The molecule has 112 valence electrons. The average Bonchev–Trinajstić information content (AvgIpc) is 2.40. The van der Waals surface area contributed by atoms with Gasteiger partial charge in [0.15, 0.2) is 0 Å². The van der Waals surface area contributed by atoms with Crippen molar-refractivity contribution in [3.63, 3.8) is 0 Å². The summed E-state index contributed by atoms with van der Waals surface area (Å²) in [6.45, 7) is 10.4. The van der Waals surface area contributed by atoms with Crippen LogP contribution in [0, 0.1) is 12.3 Å². The van der Waals surface area contributed by atoms with Gasteiger partial charge in [-0.15, -0.1) is 11.8 Å². The number of hydrogen-bond acceptors (Lipinski definition) is 2. The van der Waals surface area contributed by atoms with E-state index in [-0.39, 0.29) is 0 Å². The minimum atomic E-state index is 0.493. The molecule has 1 nitrogen and oxygen atoms in total. The highest BCUT2D eigenvalue weighted by molar-refractivity contribution is 8.00. The average molecular weight is 292 g/mol. The minimum Gasteiger partial charge on any atom is -0.313 e. The first-order valence-corrected chi connectivity index (χ1v) is 8.85. The molecule has 1 N–H and O–H groups in total. The van der Waals surface area contributed by atoms with Crippen LogP contribution < -0.4 is 5.32 Å². The molecule has 1 saturated carbocycles. The number of aryl methyl sites for hydroxylation is 1. The Morgan fingerprint density at radius 2 is 1.95 bits per heavy atom. The van der Waals surface area contributed by atoms with Crippen LogP contribution in [0.15, 0.2) is 29.2 Å². The van der Waals surface area contributed by atoms with Gasteiger partial charge in [0, 0.05) is 16.2 Å². The van der Waals surface area contributed by atoms with E-state index in [1.165, 1.54) is 36.1 Å². The third kappa shape index (κ3) is 4.53. The Labute approximate surface area is 128 Å². The summed E-state index contributed by atoms with van der Waals surface area (Å²) < 4.78 is 0. The molecular weight excluding hydrogens is 262 g/mol. The standard InChI is InChI=1S/C18H29NS/c1-5-12-19-16-10-11-18(3,4)13-17(16)20-15-8-6-14(2)7-9-15/h6-9,16-17,19H,5,10-13H2,1-4H3. The van der Waals surface area contributed by atoms with Crippen LogP contribution in [-0.2, 0) is 0 Å². The molecule has 0 aromatic heterocycles. The summed E-state index contributed by atoms with van der Waals surface area (Å²) in [5.74, 6) is 0. The summed E-state index contributed by atoms with van der Waals surface area (Å²) in [5.41, 5.74) is 1.84. The summed E-state index contributed by atoms with van der Waals surface area (Å²) in [7, 11) is 0. The van der Waals surface area contributed by atoms with Crippen LogP contribution in [-0.4, -0.2) is 17.8 Å². The lowest BCUT2D eigenvalue weighted by Crippen LogP contribution is -2.45. The fraction of sp³-hybridized carbons (Fsp3) is 0.667. The van der Waals surface area contributed by atoms with E-state index in [1.54, 1.807) is 0 Å². The van der Waals surface area contributed by atoms with E-state index < -0.39 is 0 Å². The van der Waals surface area contributed by atoms with E-state index in [0.29, 0.717) is 16.7 Å². The number of rotatable bonds is 5. The van der Waals surface area contributed by atoms with Crippen LogP contribution in [0.1, 0.15) is 52.0 Å². The molecule has 1 aliphatic rings. The van der Waals surface area contributed by atoms with Crippen molar-refractivity contribution in [2.45, 2.75) is 69.6 Å². The lowest BCUT2D eigenvalue weighted by atomic mass is 9.75. The first-order chi connectivity index (χ1) is 9.50. The highest BCUT2D eigenvalue weighted by Crippen LogP contribution is 2.42. The van der Waals surface area contributed by atoms with Crippen LogP contribution in [0.3, 0.4) is 0 Å². The van der Waals surface area contributed by atoms with Crippen molar-refractivity contribution in [1.29, 1.82) is 0 Å². The van der Waals surface area contributed by atoms with Crippen LogP contribution in [0.5, 0.6) is 0 Å². The van der Waals surface area contributed by atoms with Gasteiger partial charge in [-0.2, -0.15) is 0 Å². The molecule has 2 unspecified atom stereocenters. The summed E-state index contributed by atoms with van der Waals surface area (Å²) in [5, 5.41) is 4.47. The van der Waals surface area contributed by atoms with E-state index in [2.05, 4.69) is 69.0 Å². The zero-order valence-electron chi connectivity index (χ0n) is 13.4. The maximum absolute atomic E-state index is 3.77. The first-order valence-electron chi connectivity index (χ1n) is 7.97. The molecule has 1 aromatic carbocycles. The SMILES string of the molecule is CCCNC1CCC(C)(C)CC1Sc1ccc(C)cc1. The zero-order chi connectivity index (χ0) is 14.6. The molecule has 20 heavy (non-hydrogen) atoms. The fourth-order valence-electron chi connectivity index (χ4n) is 3.00. The van der Waals surface area contributed by atoms with Gasteiger partial charge in [0.2, 0.25) is 0 Å². The second kappa shape index (κ2) is 7.00. The van der Waals surface area contributed by atoms with Crippen LogP contribution >= 0.6 is 11.8 Å². The van der Waals surface area contributed by atoms with Crippen LogP contribution in [0.2, 0.25) is 0 Å². The second-order valence-electron chi connectivity index (χ2n) is 6.94. The van der Waals surface area contributed by atoms with E-state index in [1.807, 2.05) is 0 Å². The summed E-state index contributed by atoms with van der Waals surface area (Å²) in [4.78, 5) is 1.42. The monoisotopic (exact) mass is 291 g/mol. The quantitative estimate of drug-likeness (QED) is 0.816. The van der Waals surface area contributed by atoms with Crippen molar-refractivity contribution in [1.82, 2.24) is 5.32 Å². The van der Waals surface area contributed by atoms with Crippen LogP contribution in [0.4, 0.5) is 0 Å². The predicted molar refractivity (Wildman–Crippen MR) is 90.5 cm³/mol. The van der Waals surface area contributed by atoms with Crippen molar-refractivity contribution in [3.05, 3.63) is 29.8 Å². The van der Waals surface area contributed by atoms with Gasteiger partial charge in [0.25, 0.3) is 0 Å². The Hall–Kier alpha value is -0.470. The fourth-order valence-corrected chi connectivity index (χ4v) is 4.57. The Morgan fingerprint density at radius 3 is 2.60 bits per heavy atom. The van der Waals surface area contributed by atoms with Crippen LogP contribution in [0.25, 0.3) is 0 Å². The Morgan fingerprint density at radius 1 is 1.25 bits per heavy atom. The van der Waals surface area contributed by atoms with E-state index in [4.69, 9.17) is 0 Å². The molecule has 0 bridgehead atoms. The van der Waals surface area contributed by atoms with Gasteiger partial charge in [-0.25, -0.2) is 0 Å². The molecule has 0 aliphatic heterocycles. The van der Waals surface area contributed by atoms with Crippen molar-refractivity contribution in [2.75, 3.05) is 6.54 Å². The Bertz CT molecular complexity index is 410. The molecule has 0 spiro atoms. The highest BCUT2D eigenvalue weighted by atomic mass is 32.2. The van der Waals surface area contributed by atoms with Gasteiger partial charge in [0.1, 0.15) is 0 Å². The number of hydrogen-bond donors (Lipinski definition) is 1. The summed E-state index contributed by atoms with van der Waals surface area (Å²) in [6.07, 6.45) is 5.20. The molecule has 0 saturated heterocycles. The topological polar surface area (TPSA) is 12.0 Å². The van der Waals surface area contributed by atoms with Crippen molar-refractivity contribution in [3.8, 4) is 0 Å². The van der Waals surface area contributed by atoms with Crippen molar-refractivity contribution < 1.29 is 0 Å². The zero-order valence-corrected chi connectivity index (χ0v) is 14.2. The maximum Gasteiger partial charge on any atom is 0.0253 e. The highest BCUT2D eigenvalue weighted by Gasteiger charge is 2.34. The largest absolute Gasteiger partial charge is 0.313 e. The summed E-state index contributed by atoms with van der Waals surface area (Å²) in [6, 6.07) is 9.68. The molecule has 0 heterocycles. The van der Waals surface area contributed by atoms with Gasteiger partial charge in [-0.05, 0) is 56.7 Å². The van der Waals surface area contributed by atoms with E-state index >= 15 is 0 Å². The Balaban J connectivity index is 2.04. The molecule has 1 aromatic rings. The van der Waals surface area contributed by atoms with Gasteiger partial charge >= 0.3 is 0 Å². The molecule has 2 rings (SSSR count). The minimum absolute atomic E-state index is 0.493. The smallest absolute Gasteiger partial charge is 0.0253 e. The Kier molecular flexibility index (Phi) is 5.57.